The van der Waals surface area contributed by atoms with E-state index in [9.17, 15) is 9.59 Å². The van der Waals surface area contributed by atoms with E-state index >= 15 is 0 Å². The third-order valence-electron chi connectivity index (χ3n) is 4.59. The molecule has 0 aromatic rings. The van der Waals surface area contributed by atoms with E-state index in [2.05, 4.69) is 12.2 Å². The molecule has 1 heterocycles. The van der Waals surface area contributed by atoms with Crippen LogP contribution in [0.2, 0.25) is 0 Å². The van der Waals surface area contributed by atoms with Gasteiger partial charge in [-0.1, -0.05) is 39.0 Å². The van der Waals surface area contributed by atoms with E-state index in [1.807, 2.05) is 11.8 Å². The standard InChI is InChI=1S/C15H26N2O2/c1-3-4-8-11-17-12(2)13(18)16-15(14(17)19)9-6-5-7-10-15/h12H,3-11H2,1-2H3,(H,16,18). The molecule has 4 nitrogen and oxygen atoms in total. The van der Waals surface area contributed by atoms with Crippen LogP contribution in [0.3, 0.4) is 0 Å². The summed E-state index contributed by atoms with van der Waals surface area (Å²) in [6.07, 6.45) is 8.14. The molecule has 0 radical (unpaired) electrons. The molecule has 2 amide bonds. The van der Waals surface area contributed by atoms with Gasteiger partial charge in [0.2, 0.25) is 11.8 Å². The highest BCUT2D eigenvalue weighted by atomic mass is 16.2. The largest absolute Gasteiger partial charge is 0.340 e. The molecule has 1 N–H and O–H groups in total. The van der Waals surface area contributed by atoms with Gasteiger partial charge in [-0.05, 0) is 26.2 Å². The fraction of sp³-hybridized carbons (Fsp3) is 0.867. The third kappa shape index (κ3) is 2.77. The topological polar surface area (TPSA) is 49.4 Å². The molecular formula is C15H26N2O2. The van der Waals surface area contributed by atoms with Gasteiger partial charge < -0.3 is 10.2 Å². The molecule has 0 aromatic carbocycles. The summed E-state index contributed by atoms with van der Waals surface area (Å²) in [7, 11) is 0. The number of nitrogens with one attached hydrogen (secondary N) is 1. The van der Waals surface area contributed by atoms with Gasteiger partial charge in [-0.25, -0.2) is 0 Å². The number of nitrogens with zero attached hydrogens (tertiary/aromatic N) is 1. The second-order valence-electron chi connectivity index (χ2n) is 6.01. The van der Waals surface area contributed by atoms with Crippen molar-refractivity contribution in [2.45, 2.75) is 76.8 Å². The van der Waals surface area contributed by atoms with Crippen LogP contribution in [-0.2, 0) is 9.59 Å². The number of carbonyl (C=O) groups is 2. The van der Waals surface area contributed by atoms with Crippen LogP contribution in [0.25, 0.3) is 0 Å². The van der Waals surface area contributed by atoms with Gasteiger partial charge in [-0.2, -0.15) is 0 Å². The molecule has 0 aromatic heterocycles. The van der Waals surface area contributed by atoms with E-state index in [4.69, 9.17) is 0 Å². The molecule has 1 aliphatic heterocycles. The summed E-state index contributed by atoms with van der Waals surface area (Å²) in [4.78, 5) is 26.7. The van der Waals surface area contributed by atoms with Crippen molar-refractivity contribution in [1.29, 1.82) is 0 Å². The number of amides is 2. The van der Waals surface area contributed by atoms with E-state index in [1.54, 1.807) is 0 Å². The minimum absolute atomic E-state index is 0.0259. The molecule has 1 aliphatic carbocycles. The van der Waals surface area contributed by atoms with E-state index < -0.39 is 5.54 Å². The highest BCUT2D eigenvalue weighted by Crippen LogP contribution is 2.33. The van der Waals surface area contributed by atoms with E-state index in [1.165, 1.54) is 6.42 Å². The molecule has 2 rings (SSSR count). The SMILES string of the molecule is CCCCCN1C(=O)C2(CCCCC2)NC(=O)C1C. The lowest BCUT2D eigenvalue weighted by molar-refractivity contribution is -0.156. The number of piperazine rings is 1. The van der Waals surface area contributed by atoms with Crippen molar-refractivity contribution in [3.8, 4) is 0 Å². The second-order valence-corrected chi connectivity index (χ2v) is 6.01. The Bertz CT molecular complexity index is 348. The lowest BCUT2D eigenvalue weighted by Crippen LogP contribution is -2.70. The van der Waals surface area contributed by atoms with Crippen LogP contribution in [0.4, 0.5) is 0 Å². The first-order valence-corrected chi connectivity index (χ1v) is 7.74. The van der Waals surface area contributed by atoms with E-state index in [-0.39, 0.29) is 17.9 Å². The molecule has 1 atom stereocenters. The Morgan fingerprint density at radius 1 is 1.21 bits per heavy atom. The molecule has 0 bridgehead atoms. The Kier molecular flexibility index (Phi) is 4.48. The van der Waals surface area contributed by atoms with Crippen LogP contribution in [-0.4, -0.2) is 34.8 Å². The minimum atomic E-state index is -0.575. The van der Waals surface area contributed by atoms with Crippen molar-refractivity contribution in [2.24, 2.45) is 0 Å². The van der Waals surface area contributed by atoms with E-state index in [0.29, 0.717) is 0 Å². The van der Waals surface area contributed by atoms with Crippen LogP contribution in [0.1, 0.15) is 65.2 Å². The van der Waals surface area contributed by atoms with Crippen molar-refractivity contribution >= 4 is 11.8 Å². The van der Waals surface area contributed by atoms with Crippen molar-refractivity contribution < 1.29 is 9.59 Å². The molecule has 4 heteroatoms. The highest BCUT2D eigenvalue weighted by Gasteiger charge is 2.49. The Balaban J connectivity index is 2.11. The lowest BCUT2D eigenvalue weighted by atomic mass is 9.78. The summed E-state index contributed by atoms with van der Waals surface area (Å²) in [6, 6.07) is -0.308. The number of carbonyl (C=O) groups excluding carboxylic acids is 2. The van der Waals surface area contributed by atoms with Crippen molar-refractivity contribution in [3.05, 3.63) is 0 Å². The lowest BCUT2D eigenvalue weighted by Gasteiger charge is -2.47. The average Bonchev–Trinajstić information content (AvgIpc) is 2.42. The fourth-order valence-electron chi connectivity index (χ4n) is 3.31. The summed E-state index contributed by atoms with van der Waals surface area (Å²) in [5.41, 5.74) is -0.575. The summed E-state index contributed by atoms with van der Waals surface area (Å²) < 4.78 is 0. The van der Waals surface area contributed by atoms with Crippen LogP contribution in [0.15, 0.2) is 0 Å². The third-order valence-corrected chi connectivity index (χ3v) is 4.59. The zero-order valence-corrected chi connectivity index (χ0v) is 12.2. The first kappa shape index (κ1) is 14.4. The molecule has 108 valence electrons. The zero-order chi connectivity index (χ0) is 13.9. The molecular weight excluding hydrogens is 240 g/mol. The van der Waals surface area contributed by atoms with Crippen LogP contribution in [0, 0.1) is 0 Å². The van der Waals surface area contributed by atoms with Gasteiger partial charge in [0, 0.05) is 6.54 Å². The quantitative estimate of drug-likeness (QED) is 0.793. The van der Waals surface area contributed by atoms with Crippen LogP contribution in [0.5, 0.6) is 0 Å². The predicted octanol–water partition coefficient (Wildman–Crippen LogP) is 2.23. The number of hydrogen-bond acceptors (Lipinski definition) is 2. The van der Waals surface area contributed by atoms with Crippen molar-refractivity contribution in [1.82, 2.24) is 10.2 Å². The molecule has 1 saturated carbocycles. The Hall–Kier alpha value is -1.06. The molecule has 1 spiro atoms. The first-order chi connectivity index (χ1) is 9.10. The summed E-state index contributed by atoms with van der Waals surface area (Å²) in [6.45, 7) is 4.72. The normalized spacial score (nSPS) is 26.6. The molecule has 1 unspecified atom stereocenters. The minimum Gasteiger partial charge on any atom is -0.340 e. The second kappa shape index (κ2) is 5.93. The Morgan fingerprint density at radius 2 is 1.89 bits per heavy atom. The van der Waals surface area contributed by atoms with Gasteiger partial charge >= 0.3 is 0 Å². The van der Waals surface area contributed by atoms with Crippen LogP contribution >= 0.6 is 0 Å². The molecule has 2 fully saturated rings. The van der Waals surface area contributed by atoms with Gasteiger partial charge in [0.1, 0.15) is 11.6 Å². The molecule has 1 saturated heterocycles. The van der Waals surface area contributed by atoms with Crippen LogP contribution < -0.4 is 5.32 Å². The van der Waals surface area contributed by atoms with Gasteiger partial charge in [-0.15, -0.1) is 0 Å². The maximum atomic E-state index is 12.8. The van der Waals surface area contributed by atoms with Crippen molar-refractivity contribution in [2.75, 3.05) is 6.54 Å². The smallest absolute Gasteiger partial charge is 0.248 e. The maximum Gasteiger partial charge on any atom is 0.248 e. The van der Waals surface area contributed by atoms with Gasteiger partial charge in [0.05, 0.1) is 0 Å². The first-order valence-electron chi connectivity index (χ1n) is 7.74. The summed E-state index contributed by atoms with van der Waals surface area (Å²) >= 11 is 0. The number of hydrogen-bond donors (Lipinski definition) is 1. The monoisotopic (exact) mass is 266 g/mol. The summed E-state index contributed by atoms with van der Waals surface area (Å²) in [5.74, 6) is 0.188. The molecule has 2 aliphatic rings. The summed E-state index contributed by atoms with van der Waals surface area (Å²) in [5, 5.41) is 3.02. The fourth-order valence-corrected chi connectivity index (χ4v) is 3.31. The Morgan fingerprint density at radius 3 is 2.53 bits per heavy atom. The van der Waals surface area contributed by atoms with Gasteiger partial charge in [0.25, 0.3) is 0 Å². The number of unbranched alkanes of at least 4 members (excludes halogenated alkanes) is 2. The predicted molar refractivity (Wildman–Crippen MR) is 74.7 cm³/mol. The highest BCUT2D eigenvalue weighted by molar-refractivity contribution is 5.99. The van der Waals surface area contributed by atoms with Gasteiger partial charge in [0.15, 0.2) is 0 Å². The van der Waals surface area contributed by atoms with E-state index in [0.717, 1.165) is 51.5 Å². The van der Waals surface area contributed by atoms with Gasteiger partial charge in [-0.3, -0.25) is 9.59 Å². The zero-order valence-electron chi connectivity index (χ0n) is 12.2. The maximum absolute atomic E-state index is 12.8. The Labute approximate surface area is 115 Å². The molecule has 19 heavy (non-hydrogen) atoms. The average molecular weight is 266 g/mol. The van der Waals surface area contributed by atoms with Crippen molar-refractivity contribution in [3.63, 3.8) is 0 Å². The number of rotatable bonds is 4.